The van der Waals surface area contributed by atoms with E-state index >= 15 is 0 Å². The number of furan rings is 1. The molecule has 4 aliphatic rings. The molecule has 0 amide bonds. The Balaban J connectivity index is 1.54. The first-order valence-corrected chi connectivity index (χ1v) is 17.4. The number of aryl methyl sites for hydroxylation is 2. The summed E-state index contributed by atoms with van der Waals surface area (Å²) in [5, 5.41) is 0. The van der Waals surface area contributed by atoms with E-state index in [9.17, 15) is 0 Å². The predicted molar refractivity (Wildman–Crippen MR) is 201 cm³/mol. The van der Waals surface area contributed by atoms with Gasteiger partial charge in [0, 0.05) is 44.8 Å². The number of fused-ring (bicyclic) bond motifs is 6. The summed E-state index contributed by atoms with van der Waals surface area (Å²) < 4.78 is 7.40. The summed E-state index contributed by atoms with van der Waals surface area (Å²) in [6, 6.07) is 20.8. The molecule has 0 saturated heterocycles. The van der Waals surface area contributed by atoms with Crippen molar-refractivity contribution in [1.29, 1.82) is 0 Å². The average Bonchev–Trinajstić information content (AvgIpc) is 3.43. The van der Waals surface area contributed by atoms with Gasteiger partial charge in [0.1, 0.15) is 5.76 Å². The van der Waals surface area contributed by atoms with Gasteiger partial charge in [0.05, 0.1) is 11.3 Å². The van der Waals surface area contributed by atoms with Crippen LogP contribution in [0.3, 0.4) is 0 Å². The minimum absolute atomic E-state index is 0.00750. The van der Waals surface area contributed by atoms with Crippen LogP contribution >= 0.6 is 0 Å². The minimum atomic E-state index is -0.220. The van der Waals surface area contributed by atoms with Crippen LogP contribution in [-0.2, 0) is 16.2 Å². The third-order valence-corrected chi connectivity index (χ3v) is 11.0. The van der Waals surface area contributed by atoms with Gasteiger partial charge in [-0.3, -0.25) is 0 Å². The third kappa shape index (κ3) is 4.33. The summed E-state index contributed by atoms with van der Waals surface area (Å²) in [4.78, 5) is 5.12. The van der Waals surface area contributed by atoms with Crippen molar-refractivity contribution >= 4 is 51.7 Å². The molecule has 2 aliphatic carbocycles. The highest BCUT2D eigenvalue weighted by atomic mass is 16.3. The topological polar surface area (TPSA) is 19.6 Å². The number of anilines is 5. The third-order valence-electron chi connectivity index (χ3n) is 11.0. The molecule has 47 heavy (non-hydrogen) atoms. The fourth-order valence-corrected chi connectivity index (χ4v) is 8.42. The molecule has 0 radical (unpaired) electrons. The molecule has 0 unspecified atom stereocenters. The summed E-state index contributed by atoms with van der Waals surface area (Å²) in [6.45, 7) is 23.0. The molecule has 0 atom stereocenters. The summed E-state index contributed by atoms with van der Waals surface area (Å²) in [7, 11) is 0. The molecule has 3 nitrogen and oxygen atoms in total. The van der Waals surface area contributed by atoms with E-state index in [0.29, 0.717) is 0 Å². The van der Waals surface area contributed by atoms with E-state index in [0.717, 1.165) is 24.3 Å². The summed E-state index contributed by atoms with van der Waals surface area (Å²) >= 11 is 0. The van der Waals surface area contributed by atoms with Crippen LogP contribution in [0.25, 0.3) is 0 Å². The van der Waals surface area contributed by atoms with Crippen LogP contribution < -0.4 is 26.4 Å². The van der Waals surface area contributed by atoms with Gasteiger partial charge in [-0.25, -0.2) is 0 Å². The Morgan fingerprint density at radius 2 is 1.43 bits per heavy atom. The SMILES string of the molecule is CC1=CCCC=C1N1c2cc(C)cc3c2B(c2cc(C(C)(C)C)ccc2N3c2ccccc2C)c2oc3c(c21)C(C)(C)C=CC3(C)C. The second-order valence-electron chi connectivity index (χ2n) is 16.5. The molecular formula is C43H47BN2O. The Kier molecular flexibility index (Phi) is 6.37. The van der Waals surface area contributed by atoms with Crippen molar-refractivity contribution in [2.24, 2.45) is 0 Å². The number of para-hydroxylation sites is 1. The fraction of sp³-hybridized carbons (Fsp3) is 0.349. The smallest absolute Gasteiger partial charge is 0.297 e. The predicted octanol–water partition coefficient (Wildman–Crippen LogP) is 9.69. The van der Waals surface area contributed by atoms with Crippen LogP contribution in [0.2, 0.25) is 0 Å². The maximum atomic E-state index is 7.40. The van der Waals surface area contributed by atoms with Crippen molar-refractivity contribution in [3.05, 3.63) is 118 Å². The highest BCUT2D eigenvalue weighted by Gasteiger charge is 2.51. The van der Waals surface area contributed by atoms with Crippen molar-refractivity contribution in [3.63, 3.8) is 0 Å². The normalized spacial score (nSPS) is 18.6. The number of allylic oxidation sites excluding steroid dienone is 5. The van der Waals surface area contributed by atoms with E-state index in [4.69, 9.17) is 4.42 Å². The van der Waals surface area contributed by atoms with Gasteiger partial charge in [0.2, 0.25) is 0 Å². The molecule has 2 aliphatic heterocycles. The zero-order chi connectivity index (χ0) is 33.2. The van der Waals surface area contributed by atoms with Crippen LogP contribution in [0.1, 0.15) is 96.2 Å². The van der Waals surface area contributed by atoms with Crippen molar-refractivity contribution in [2.45, 2.75) is 98.3 Å². The van der Waals surface area contributed by atoms with Gasteiger partial charge in [-0.2, -0.15) is 0 Å². The van der Waals surface area contributed by atoms with Crippen molar-refractivity contribution < 1.29 is 4.42 Å². The highest BCUT2D eigenvalue weighted by Crippen LogP contribution is 2.52. The largest absolute Gasteiger partial charge is 0.472 e. The Morgan fingerprint density at radius 1 is 0.745 bits per heavy atom. The fourth-order valence-electron chi connectivity index (χ4n) is 8.42. The summed E-state index contributed by atoms with van der Waals surface area (Å²) in [6.07, 6.45) is 11.8. The van der Waals surface area contributed by atoms with Crippen LogP contribution in [0, 0.1) is 13.8 Å². The number of benzene rings is 3. The number of rotatable bonds is 2. The Hall–Kier alpha value is -4.18. The van der Waals surface area contributed by atoms with E-state index in [1.165, 1.54) is 72.9 Å². The van der Waals surface area contributed by atoms with Gasteiger partial charge >= 0.3 is 0 Å². The molecule has 0 N–H and O–H groups in total. The Labute approximate surface area is 281 Å². The first kappa shape index (κ1) is 30.2. The summed E-state index contributed by atoms with van der Waals surface area (Å²) in [5.74, 6) is 1.10. The van der Waals surface area contributed by atoms with E-state index in [1.54, 1.807) is 0 Å². The zero-order valence-electron chi connectivity index (χ0n) is 29.8. The molecule has 8 rings (SSSR count). The molecule has 0 saturated carbocycles. The number of hydrogen-bond acceptors (Lipinski definition) is 3. The standard InChI is InChI=1S/C43H47BN2O/c1-26-23-34-37-35(24-26)46(32-18-14-12-16-28(32)3)38-36-39(43(9,10)22-21-42(36,7)8)47-40(38)44(37)30-25-29(41(4,5)6)19-20-33(30)45(34)31-17-13-11-15-27(31)2/h11,13,15-25H,12,14H2,1-10H3. The van der Waals surface area contributed by atoms with Gasteiger partial charge in [0.15, 0.2) is 0 Å². The van der Waals surface area contributed by atoms with E-state index in [-0.39, 0.29) is 23.0 Å². The molecule has 0 bridgehead atoms. The second kappa shape index (κ2) is 9.92. The second-order valence-corrected chi connectivity index (χ2v) is 16.5. The summed E-state index contributed by atoms with van der Waals surface area (Å²) in [5.41, 5.74) is 17.3. The van der Waals surface area contributed by atoms with Crippen LogP contribution in [-0.4, -0.2) is 6.71 Å². The average molecular weight is 619 g/mol. The van der Waals surface area contributed by atoms with E-state index in [2.05, 4.69) is 158 Å². The van der Waals surface area contributed by atoms with Gasteiger partial charge in [0.25, 0.3) is 6.71 Å². The maximum Gasteiger partial charge on any atom is 0.297 e. The monoisotopic (exact) mass is 618 g/mol. The Morgan fingerprint density at radius 3 is 2.13 bits per heavy atom. The molecule has 4 aromatic rings. The van der Waals surface area contributed by atoms with E-state index < -0.39 is 0 Å². The molecule has 1 aromatic heterocycles. The van der Waals surface area contributed by atoms with Gasteiger partial charge in [-0.05, 0) is 110 Å². The minimum Gasteiger partial charge on any atom is -0.472 e. The molecule has 3 heterocycles. The lowest BCUT2D eigenvalue weighted by Crippen LogP contribution is -2.61. The highest BCUT2D eigenvalue weighted by molar-refractivity contribution is 6.99. The molecule has 238 valence electrons. The quantitative estimate of drug-likeness (QED) is 0.145. The zero-order valence-corrected chi connectivity index (χ0v) is 29.8. The number of hydrogen-bond donors (Lipinski definition) is 0. The van der Waals surface area contributed by atoms with Crippen molar-refractivity contribution in [2.75, 3.05) is 9.80 Å². The van der Waals surface area contributed by atoms with E-state index in [1.807, 2.05) is 0 Å². The Bertz CT molecular complexity index is 2080. The lowest BCUT2D eigenvalue weighted by molar-refractivity contribution is 0.424. The molecule has 0 fully saturated rings. The first-order valence-electron chi connectivity index (χ1n) is 17.4. The lowest BCUT2D eigenvalue weighted by atomic mass is 9.35. The van der Waals surface area contributed by atoms with Gasteiger partial charge in [-0.15, -0.1) is 0 Å². The van der Waals surface area contributed by atoms with Crippen LogP contribution in [0.15, 0.2) is 94.6 Å². The van der Waals surface area contributed by atoms with Gasteiger partial charge in [-0.1, -0.05) is 89.3 Å². The lowest BCUT2D eigenvalue weighted by Gasteiger charge is -2.45. The first-order chi connectivity index (χ1) is 22.2. The molecule has 0 spiro atoms. The molecule has 3 aromatic carbocycles. The number of nitrogens with zero attached hydrogens (tertiary/aromatic N) is 2. The van der Waals surface area contributed by atoms with Crippen LogP contribution in [0.5, 0.6) is 0 Å². The molecular weight excluding hydrogens is 571 g/mol. The van der Waals surface area contributed by atoms with Gasteiger partial charge < -0.3 is 14.2 Å². The van der Waals surface area contributed by atoms with Crippen molar-refractivity contribution in [3.8, 4) is 0 Å². The molecule has 4 heteroatoms. The van der Waals surface area contributed by atoms with Crippen LogP contribution in [0.4, 0.5) is 28.4 Å². The maximum absolute atomic E-state index is 7.40. The van der Waals surface area contributed by atoms with Crippen molar-refractivity contribution in [1.82, 2.24) is 0 Å².